The molecule has 154 valence electrons. The third-order valence-corrected chi connectivity index (χ3v) is 5.22. The van der Waals surface area contributed by atoms with Crippen LogP contribution in [0.1, 0.15) is 0 Å². The highest BCUT2D eigenvalue weighted by Gasteiger charge is 2.14. The maximum absolute atomic E-state index is 4.58. The van der Waals surface area contributed by atoms with Gasteiger partial charge < -0.3 is 20.4 Å². The van der Waals surface area contributed by atoms with Crippen LogP contribution in [0.25, 0.3) is 5.65 Å². The van der Waals surface area contributed by atoms with Crippen molar-refractivity contribution in [1.29, 1.82) is 0 Å². The van der Waals surface area contributed by atoms with E-state index in [0.717, 1.165) is 37.6 Å². The molecule has 0 spiro atoms. The number of anilines is 5. The summed E-state index contributed by atoms with van der Waals surface area (Å²) >= 11 is 0. The molecular weight excluding hydrogens is 380 g/mol. The SMILES string of the molecule is CN1CCN(c2ccc(Nc3nc4cncc(Nc5cnn(C)c5)n4n3)cc2)CC1. The van der Waals surface area contributed by atoms with E-state index in [0.29, 0.717) is 17.4 Å². The Morgan fingerprint density at radius 2 is 1.67 bits per heavy atom. The maximum Gasteiger partial charge on any atom is 0.247 e. The average Bonchev–Trinajstić information content (AvgIpc) is 3.35. The summed E-state index contributed by atoms with van der Waals surface area (Å²) in [5.41, 5.74) is 3.69. The number of hydrogen-bond acceptors (Lipinski definition) is 8. The Labute approximate surface area is 174 Å². The molecule has 0 saturated carbocycles. The molecule has 0 aliphatic carbocycles. The van der Waals surface area contributed by atoms with Crippen LogP contribution in [0.15, 0.2) is 49.1 Å². The van der Waals surface area contributed by atoms with Crippen molar-refractivity contribution in [2.75, 3.05) is 48.8 Å². The third kappa shape index (κ3) is 3.77. The zero-order chi connectivity index (χ0) is 20.5. The molecule has 3 aromatic heterocycles. The van der Waals surface area contributed by atoms with E-state index < -0.39 is 0 Å². The number of likely N-dealkylation sites (N-methyl/N-ethyl adjacent to an activating group) is 1. The summed E-state index contributed by atoms with van der Waals surface area (Å²) in [5.74, 6) is 1.23. The van der Waals surface area contributed by atoms with Crippen LogP contribution in [0.4, 0.5) is 28.8 Å². The van der Waals surface area contributed by atoms with E-state index in [1.165, 1.54) is 5.69 Å². The Morgan fingerprint density at radius 3 is 2.40 bits per heavy atom. The second-order valence-electron chi connectivity index (χ2n) is 7.49. The van der Waals surface area contributed by atoms with Crippen molar-refractivity contribution in [3.05, 3.63) is 49.1 Å². The molecule has 0 radical (unpaired) electrons. The van der Waals surface area contributed by atoms with Crippen molar-refractivity contribution < 1.29 is 0 Å². The Kier molecular flexibility index (Phi) is 4.68. The lowest BCUT2D eigenvalue weighted by Crippen LogP contribution is -2.44. The van der Waals surface area contributed by atoms with Crippen LogP contribution >= 0.6 is 0 Å². The van der Waals surface area contributed by atoms with Gasteiger partial charge in [-0.25, -0.2) is 0 Å². The van der Waals surface area contributed by atoms with E-state index in [4.69, 9.17) is 0 Å². The summed E-state index contributed by atoms with van der Waals surface area (Å²) in [4.78, 5) is 13.6. The molecule has 2 N–H and O–H groups in total. The molecule has 1 aliphatic heterocycles. The number of piperazine rings is 1. The average molecular weight is 404 g/mol. The van der Waals surface area contributed by atoms with Gasteiger partial charge in [-0.05, 0) is 31.3 Å². The Bertz CT molecular complexity index is 1140. The molecule has 0 atom stereocenters. The minimum Gasteiger partial charge on any atom is -0.369 e. The predicted octanol–water partition coefficient (Wildman–Crippen LogP) is 2.10. The van der Waals surface area contributed by atoms with E-state index in [9.17, 15) is 0 Å². The lowest BCUT2D eigenvalue weighted by Gasteiger charge is -2.34. The summed E-state index contributed by atoms with van der Waals surface area (Å²) in [7, 11) is 4.04. The first kappa shape index (κ1) is 18.4. The van der Waals surface area contributed by atoms with E-state index >= 15 is 0 Å². The molecule has 1 saturated heterocycles. The zero-order valence-corrected chi connectivity index (χ0v) is 17.0. The van der Waals surface area contributed by atoms with Crippen LogP contribution in [0, 0.1) is 0 Å². The zero-order valence-electron chi connectivity index (χ0n) is 17.0. The van der Waals surface area contributed by atoms with Gasteiger partial charge in [-0.1, -0.05) is 0 Å². The lowest BCUT2D eigenvalue weighted by atomic mass is 10.2. The van der Waals surface area contributed by atoms with Crippen LogP contribution in [-0.2, 0) is 7.05 Å². The Hall–Kier alpha value is -3.66. The van der Waals surface area contributed by atoms with Gasteiger partial charge in [0, 0.05) is 50.8 Å². The molecule has 0 unspecified atom stereocenters. The number of nitrogens with one attached hydrogen (secondary N) is 2. The molecule has 0 bridgehead atoms. The second-order valence-corrected chi connectivity index (χ2v) is 7.49. The lowest BCUT2D eigenvalue weighted by molar-refractivity contribution is 0.313. The summed E-state index contributed by atoms with van der Waals surface area (Å²) in [6.07, 6.45) is 7.03. The minimum absolute atomic E-state index is 0.518. The monoisotopic (exact) mass is 404 g/mol. The topological polar surface area (TPSA) is 91.4 Å². The fourth-order valence-electron chi connectivity index (χ4n) is 3.54. The first-order valence-corrected chi connectivity index (χ1v) is 9.91. The van der Waals surface area contributed by atoms with Crippen LogP contribution < -0.4 is 15.5 Å². The van der Waals surface area contributed by atoms with Gasteiger partial charge >= 0.3 is 0 Å². The molecule has 4 heterocycles. The summed E-state index contributed by atoms with van der Waals surface area (Å²) in [5, 5.41) is 15.3. The largest absolute Gasteiger partial charge is 0.369 e. The van der Waals surface area contributed by atoms with Gasteiger partial charge in [-0.2, -0.15) is 14.6 Å². The second kappa shape index (κ2) is 7.64. The molecule has 1 aliphatic rings. The highest BCUT2D eigenvalue weighted by Crippen LogP contribution is 2.22. The van der Waals surface area contributed by atoms with E-state index in [1.807, 2.05) is 13.2 Å². The number of benzene rings is 1. The molecule has 5 rings (SSSR count). The van der Waals surface area contributed by atoms with Crippen molar-refractivity contribution in [1.82, 2.24) is 34.3 Å². The third-order valence-electron chi connectivity index (χ3n) is 5.22. The summed E-state index contributed by atoms with van der Waals surface area (Å²) in [6.45, 7) is 4.29. The highest BCUT2D eigenvalue weighted by atomic mass is 15.4. The van der Waals surface area contributed by atoms with Gasteiger partial charge in [-0.15, -0.1) is 5.10 Å². The smallest absolute Gasteiger partial charge is 0.247 e. The van der Waals surface area contributed by atoms with Crippen LogP contribution in [0.5, 0.6) is 0 Å². The normalized spacial score (nSPS) is 14.9. The van der Waals surface area contributed by atoms with Gasteiger partial charge in [0.15, 0.2) is 11.5 Å². The fourth-order valence-corrected chi connectivity index (χ4v) is 3.54. The van der Waals surface area contributed by atoms with Crippen molar-refractivity contribution in [3.63, 3.8) is 0 Å². The van der Waals surface area contributed by atoms with Crippen molar-refractivity contribution >= 4 is 34.5 Å². The predicted molar refractivity (Wildman–Crippen MR) is 117 cm³/mol. The van der Waals surface area contributed by atoms with Gasteiger partial charge in [0.25, 0.3) is 0 Å². The first-order chi connectivity index (χ1) is 14.6. The molecule has 30 heavy (non-hydrogen) atoms. The van der Waals surface area contributed by atoms with Crippen molar-refractivity contribution in [2.24, 2.45) is 7.05 Å². The minimum atomic E-state index is 0.518. The van der Waals surface area contributed by atoms with Crippen LogP contribution in [0.2, 0.25) is 0 Å². The van der Waals surface area contributed by atoms with Crippen LogP contribution in [-0.4, -0.2) is 67.5 Å². The molecule has 0 amide bonds. The maximum atomic E-state index is 4.58. The quantitative estimate of drug-likeness (QED) is 0.523. The Morgan fingerprint density at radius 1 is 0.867 bits per heavy atom. The van der Waals surface area contributed by atoms with Crippen molar-refractivity contribution in [2.45, 2.75) is 0 Å². The van der Waals surface area contributed by atoms with E-state index in [2.05, 4.69) is 71.9 Å². The first-order valence-electron chi connectivity index (χ1n) is 9.91. The molecular formula is C20H24N10. The molecule has 1 fully saturated rings. The fraction of sp³-hybridized carbons (Fsp3) is 0.300. The van der Waals surface area contributed by atoms with Gasteiger partial charge in [0.2, 0.25) is 5.95 Å². The van der Waals surface area contributed by atoms with E-state index in [-0.39, 0.29) is 0 Å². The van der Waals surface area contributed by atoms with Crippen molar-refractivity contribution in [3.8, 4) is 0 Å². The molecule has 4 aromatic rings. The highest BCUT2D eigenvalue weighted by molar-refractivity contribution is 5.62. The number of rotatable bonds is 5. The summed E-state index contributed by atoms with van der Waals surface area (Å²) < 4.78 is 3.46. The number of hydrogen-bond donors (Lipinski definition) is 2. The Balaban J connectivity index is 1.32. The number of fused-ring (bicyclic) bond motifs is 1. The summed E-state index contributed by atoms with van der Waals surface area (Å²) in [6, 6.07) is 8.40. The standard InChI is InChI=1S/C20H24N10/c1-27-7-9-29(10-8-27)17-5-3-15(4-6-17)24-20-25-19-13-21-12-18(30(19)26-20)23-16-11-22-28(2)14-16/h3-6,11-14,23H,7-10H2,1-2H3,(H,24,26). The number of nitrogens with zero attached hydrogens (tertiary/aromatic N) is 8. The number of aryl methyl sites for hydroxylation is 1. The molecule has 10 heteroatoms. The van der Waals surface area contributed by atoms with Gasteiger partial charge in [0.1, 0.15) is 0 Å². The molecule has 1 aromatic carbocycles. The number of aromatic nitrogens is 6. The molecule has 10 nitrogen and oxygen atoms in total. The van der Waals surface area contributed by atoms with Gasteiger partial charge in [-0.3, -0.25) is 9.67 Å². The van der Waals surface area contributed by atoms with Crippen LogP contribution in [0.3, 0.4) is 0 Å². The van der Waals surface area contributed by atoms with Gasteiger partial charge in [0.05, 0.1) is 24.3 Å². The van der Waals surface area contributed by atoms with E-state index in [1.54, 1.807) is 27.8 Å².